The molecule has 3 heteroatoms. The van der Waals surface area contributed by atoms with Crippen LogP contribution < -0.4 is 0 Å². The van der Waals surface area contributed by atoms with E-state index in [2.05, 4.69) is 0 Å². The molecule has 0 aliphatic carbocycles. The number of hydrogen-bond donors (Lipinski definition) is 0. The first-order valence-corrected chi connectivity index (χ1v) is 5.62. The molecule has 0 saturated carbocycles. The van der Waals surface area contributed by atoms with Crippen LogP contribution in [0.25, 0.3) is 0 Å². The Bertz CT molecular complexity index is 468. The van der Waals surface area contributed by atoms with Crippen molar-refractivity contribution in [2.75, 3.05) is 0 Å². The zero-order chi connectivity index (χ0) is 11.4. The highest BCUT2D eigenvalue weighted by molar-refractivity contribution is 5.83. The Kier molecular flexibility index (Phi) is 1.76. The van der Waals surface area contributed by atoms with Crippen LogP contribution in [0, 0.1) is 0 Å². The third kappa shape index (κ3) is 1.04. The van der Waals surface area contributed by atoms with Crippen LogP contribution in [0.5, 0.6) is 0 Å². The van der Waals surface area contributed by atoms with Crippen molar-refractivity contribution in [3.05, 3.63) is 35.4 Å². The molecule has 2 atom stereocenters. The quantitative estimate of drug-likeness (QED) is 0.677. The summed E-state index contributed by atoms with van der Waals surface area (Å²) in [5.74, 6) is -1.09. The summed E-state index contributed by atoms with van der Waals surface area (Å²) in [6.07, 6.45) is 1.25. The van der Waals surface area contributed by atoms with Gasteiger partial charge in [-0.15, -0.1) is 0 Å². The average molecular weight is 218 g/mol. The highest BCUT2D eigenvalue weighted by atomic mass is 16.8. The van der Waals surface area contributed by atoms with E-state index in [-0.39, 0.29) is 5.97 Å². The Morgan fingerprint density at radius 1 is 1.38 bits per heavy atom. The molecule has 16 heavy (non-hydrogen) atoms. The molecular weight excluding hydrogens is 204 g/mol. The average Bonchev–Trinajstić information content (AvgIpc) is 2.48. The lowest BCUT2D eigenvalue weighted by molar-refractivity contribution is -0.203. The Balaban J connectivity index is 2.23. The van der Waals surface area contributed by atoms with E-state index in [1.807, 2.05) is 38.1 Å². The van der Waals surface area contributed by atoms with Crippen LogP contribution in [0.4, 0.5) is 0 Å². The van der Waals surface area contributed by atoms with Gasteiger partial charge in [-0.25, -0.2) is 4.79 Å². The molecular formula is C13H14O3. The first-order valence-electron chi connectivity index (χ1n) is 5.62. The number of carbonyl (C=O) groups is 1. The van der Waals surface area contributed by atoms with E-state index in [4.69, 9.17) is 9.47 Å². The van der Waals surface area contributed by atoms with E-state index >= 15 is 0 Å². The molecule has 1 aromatic carbocycles. The van der Waals surface area contributed by atoms with E-state index in [0.717, 1.165) is 11.1 Å². The maximum Gasteiger partial charge on any atom is 0.341 e. The van der Waals surface area contributed by atoms with Crippen LogP contribution in [0.2, 0.25) is 0 Å². The molecule has 0 N–H and O–H groups in total. The van der Waals surface area contributed by atoms with E-state index < -0.39 is 11.4 Å². The van der Waals surface area contributed by atoms with Gasteiger partial charge in [-0.2, -0.15) is 0 Å². The van der Waals surface area contributed by atoms with Gasteiger partial charge in [0.2, 0.25) is 5.79 Å². The lowest BCUT2D eigenvalue weighted by atomic mass is 9.87. The van der Waals surface area contributed by atoms with Gasteiger partial charge < -0.3 is 9.47 Å². The molecule has 2 aliphatic rings. The van der Waals surface area contributed by atoms with Crippen LogP contribution in [-0.4, -0.2) is 11.6 Å². The SMILES string of the molecule is CCC12OC(=O)C(C)(Cc3ccccc31)O2. The van der Waals surface area contributed by atoms with Gasteiger partial charge in [0.25, 0.3) is 0 Å². The number of rotatable bonds is 1. The first-order chi connectivity index (χ1) is 7.60. The van der Waals surface area contributed by atoms with Crippen molar-refractivity contribution in [3.63, 3.8) is 0 Å². The van der Waals surface area contributed by atoms with Gasteiger partial charge >= 0.3 is 5.97 Å². The molecule has 3 rings (SSSR count). The predicted octanol–water partition coefficient (Wildman–Crippen LogP) is 2.14. The second kappa shape index (κ2) is 2.86. The summed E-state index contributed by atoms with van der Waals surface area (Å²) in [6.45, 7) is 3.78. The molecule has 0 amide bonds. The van der Waals surface area contributed by atoms with Crippen molar-refractivity contribution in [2.24, 2.45) is 0 Å². The fraction of sp³-hybridized carbons (Fsp3) is 0.462. The highest BCUT2D eigenvalue weighted by Crippen LogP contribution is 2.49. The lowest BCUT2D eigenvalue weighted by Gasteiger charge is -2.34. The minimum absolute atomic E-state index is 0.245. The second-order valence-electron chi connectivity index (χ2n) is 4.66. The molecule has 2 unspecified atom stereocenters. The number of benzene rings is 1. The molecule has 2 aliphatic heterocycles. The van der Waals surface area contributed by atoms with Gasteiger partial charge in [0.1, 0.15) is 0 Å². The van der Waals surface area contributed by atoms with Crippen LogP contribution in [0.3, 0.4) is 0 Å². The van der Waals surface area contributed by atoms with E-state index in [1.54, 1.807) is 0 Å². The van der Waals surface area contributed by atoms with E-state index in [0.29, 0.717) is 12.8 Å². The molecule has 2 bridgehead atoms. The second-order valence-corrected chi connectivity index (χ2v) is 4.66. The normalized spacial score (nSPS) is 35.8. The van der Waals surface area contributed by atoms with Crippen molar-refractivity contribution in [1.82, 2.24) is 0 Å². The Hall–Kier alpha value is -1.35. The molecule has 1 saturated heterocycles. The Morgan fingerprint density at radius 2 is 2.12 bits per heavy atom. The summed E-state index contributed by atoms with van der Waals surface area (Å²) in [4.78, 5) is 11.9. The summed E-state index contributed by atoms with van der Waals surface area (Å²) < 4.78 is 11.4. The zero-order valence-electron chi connectivity index (χ0n) is 9.45. The fourth-order valence-corrected chi connectivity index (χ4v) is 2.65. The van der Waals surface area contributed by atoms with Gasteiger partial charge in [0.15, 0.2) is 5.60 Å². The molecule has 0 radical (unpaired) electrons. The van der Waals surface area contributed by atoms with Gasteiger partial charge in [-0.3, -0.25) is 0 Å². The van der Waals surface area contributed by atoms with Gasteiger partial charge in [-0.05, 0) is 12.5 Å². The van der Waals surface area contributed by atoms with Crippen molar-refractivity contribution in [2.45, 2.75) is 38.1 Å². The molecule has 0 spiro atoms. The number of esters is 1. The lowest BCUT2D eigenvalue weighted by Crippen LogP contribution is -2.41. The molecule has 0 aromatic heterocycles. The number of fused-ring (bicyclic) bond motifs is 4. The predicted molar refractivity (Wildman–Crippen MR) is 57.7 cm³/mol. The molecule has 3 nitrogen and oxygen atoms in total. The third-order valence-corrected chi connectivity index (χ3v) is 3.50. The topological polar surface area (TPSA) is 35.5 Å². The maximum atomic E-state index is 11.9. The molecule has 1 fully saturated rings. The summed E-state index contributed by atoms with van der Waals surface area (Å²) in [5.41, 5.74) is 1.36. The van der Waals surface area contributed by atoms with E-state index in [1.165, 1.54) is 0 Å². The molecule has 2 heterocycles. The zero-order valence-corrected chi connectivity index (χ0v) is 9.45. The van der Waals surface area contributed by atoms with Crippen molar-refractivity contribution >= 4 is 5.97 Å². The number of carbonyl (C=O) groups excluding carboxylic acids is 1. The summed E-state index contributed by atoms with van der Waals surface area (Å²) in [5, 5.41) is 0. The van der Waals surface area contributed by atoms with Crippen LogP contribution in [0.15, 0.2) is 24.3 Å². The van der Waals surface area contributed by atoms with Gasteiger partial charge in [0.05, 0.1) is 0 Å². The summed E-state index contributed by atoms with van der Waals surface area (Å²) in [7, 11) is 0. The fourth-order valence-electron chi connectivity index (χ4n) is 2.65. The largest absolute Gasteiger partial charge is 0.426 e. The van der Waals surface area contributed by atoms with Gasteiger partial charge in [0, 0.05) is 18.4 Å². The van der Waals surface area contributed by atoms with Crippen molar-refractivity contribution in [3.8, 4) is 0 Å². The minimum atomic E-state index is -0.847. The molecule has 1 aromatic rings. The number of hydrogen-bond acceptors (Lipinski definition) is 3. The monoisotopic (exact) mass is 218 g/mol. The van der Waals surface area contributed by atoms with Crippen molar-refractivity contribution in [1.29, 1.82) is 0 Å². The highest BCUT2D eigenvalue weighted by Gasteiger charge is 2.59. The Morgan fingerprint density at radius 3 is 2.88 bits per heavy atom. The summed E-state index contributed by atoms with van der Waals surface area (Å²) >= 11 is 0. The van der Waals surface area contributed by atoms with Crippen molar-refractivity contribution < 1.29 is 14.3 Å². The number of ether oxygens (including phenoxy) is 2. The molecule has 84 valence electrons. The van der Waals surface area contributed by atoms with Crippen LogP contribution in [-0.2, 0) is 26.5 Å². The summed E-state index contributed by atoms with van der Waals surface area (Å²) in [6, 6.07) is 7.97. The maximum absolute atomic E-state index is 11.9. The smallest absolute Gasteiger partial charge is 0.341 e. The standard InChI is InChI=1S/C13H14O3/c1-3-13-10-7-5-4-6-9(10)8-12(2,16-13)11(14)15-13/h4-7H,3,8H2,1-2H3. The van der Waals surface area contributed by atoms with Crippen LogP contribution in [0.1, 0.15) is 31.4 Å². The van der Waals surface area contributed by atoms with Gasteiger partial charge in [-0.1, -0.05) is 31.2 Å². The third-order valence-electron chi connectivity index (χ3n) is 3.50. The first kappa shape index (κ1) is 9.85. The minimum Gasteiger partial charge on any atom is -0.426 e. The van der Waals surface area contributed by atoms with E-state index in [9.17, 15) is 4.79 Å². The Labute approximate surface area is 94.4 Å². The van der Waals surface area contributed by atoms with Crippen LogP contribution >= 0.6 is 0 Å².